The summed E-state index contributed by atoms with van der Waals surface area (Å²) in [4.78, 5) is 12.3. The van der Waals surface area contributed by atoms with Gasteiger partial charge in [-0.15, -0.1) is 0 Å². The van der Waals surface area contributed by atoms with Crippen molar-refractivity contribution in [2.45, 2.75) is 50.0 Å². The van der Waals surface area contributed by atoms with Crippen LogP contribution in [0.3, 0.4) is 0 Å². The summed E-state index contributed by atoms with van der Waals surface area (Å²) in [6.07, 6.45) is 5.45. The number of fused-ring (bicyclic) bond motifs is 2. The normalized spacial score (nSPS) is 60.8. The number of carbonyl (C=O) groups is 1. The van der Waals surface area contributed by atoms with Gasteiger partial charge in [-0.3, -0.25) is 4.79 Å². The molecule has 2 aliphatic heterocycles. The number of carbonyl (C=O) groups excluding carboxylic acids is 1. The van der Waals surface area contributed by atoms with E-state index in [1.807, 2.05) is 0 Å². The number of amides is 1. The van der Waals surface area contributed by atoms with E-state index in [4.69, 9.17) is 4.74 Å². The molecule has 0 aromatic carbocycles. The summed E-state index contributed by atoms with van der Waals surface area (Å²) >= 11 is 0. The van der Waals surface area contributed by atoms with Gasteiger partial charge in [-0.2, -0.15) is 0 Å². The highest BCUT2D eigenvalue weighted by Crippen LogP contribution is 2.67. The number of nitrogens with one attached hydrogen (secondary N) is 1. The summed E-state index contributed by atoms with van der Waals surface area (Å²) < 4.78 is 6.30. The van der Waals surface area contributed by atoms with Crippen LogP contribution < -0.4 is 5.32 Å². The molecule has 1 amide bonds. The van der Waals surface area contributed by atoms with Crippen LogP contribution in [0.5, 0.6) is 0 Å². The van der Waals surface area contributed by atoms with Crippen LogP contribution in [0.25, 0.3) is 0 Å². The average molecular weight is 249 g/mol. The van der Waals surface area contributed by atoms with E-state index >= 15 is 0 Å². The summed E-state index contributed by atoms with van der Waals surface area (Å²) in [5.41, 5.74) is -0.403. The van der Waals surface area contributed by atoms with Crippen molar-refractivity contribution in [3.8, 4) is 0 Å². The van der Waals surface area contributed by atoms with Crippen LogP contribution in [-0.2, 0) is 9.53 Å². The van der Waals surface area contributed by atoms with Gasteiger partial charge in [0.1, 0.15) is 5.72 Å². The number of rotatable bonds is 1. The summed E-state index contributed by atoms with van der Waals surface area (Å²) in [7, 11) is 0. The molecule has 4 heteroatoms. The Hall–Kier alpha value is -0.610. The number of aliphatic hydroxyl groups excluding tert-OH is 1. The fraction of sp³-hybridized carbons (Fsp3) is 0.929. The van der Waals surface area contributed by atoms with Gasteiger partial charge in [0, 0.05) is 11.8 Å². The third-order valence-electron chi connectivity index (χ3n) is 6.46. The molecule has 3 aliphatic carbocycles. The third-order valence-corrected chi connectivity index (χ3v) is 6.46. The van der Waals surface area contributed by atoms with Gasteiger partial charge >= 0.3 is 0 Å². The van der Waals surface area contributed by atoms with E-state index in [1.54, 1.807) is 0 Å². The van der Waals surface area contributed by atoms with Gasteiger partial charge < -0.3 is 15.2 Å². The second kappa shape index (κ2) is 2.93. The van der Waals surface area contributed by atoms with Crippen LogP contribution in [0.4, 0.5) is 0 Å². The first-order valence-electron chi connectivity index (χ1n) is 7.40. The van der Waals surface area contributed by atoms with Crippen molar-refractivity contribution in [1.82, 2.24) is 5.32 Å². The van der Waals surface area contributed by atoms with E-state index in [0.717, 1.165) is 6.42 Å². The molecule has 7 unspecified atom stereocenters. The topological polar surface area (TPSA) is 58.6 Å². The molecule has 5 aliphatic rings. The molecular weight excluding hydrogens is 230 g/mol. The Bertz CT molecular complexity index is 433. The van der Waals surface area contributed by atoms with Crippen molar-refractivity contribution in [3.63, 3.8) is 0 Å². The standard InChI is InChI=1S/C14H19NO3/c16-11-7-5-8-10-9(7)13(17)15-14(10,18-12(8)11)6-3-1-2-4-6/h6-12,16H,1-5H2,(H,15,17). The Balaban J connectivity index is 1.64. The number of aliphatic hydroxyl groups is 1. The number of hydrogen-bond acceptors (Lipinski definition) is 3. The summed E-state index contributed by atoms with van der Waals surface area (Å²) in [6.45, 7) is 0. The van der Waals surface area contributed by atoms with Crippen LogP contribution in [-0.4, -0.2) is 28.9 Å². The molecule has 2 heterocycles. The fourth-order valence-electron chi connectivity index (χ4n) is 5.94. The Kier molecular flexibility index (Phi) is 1.66. The van der Waals surface area contributed by atoms with Crippen molar-refractivity contribution >= 4 is 5.91 Å². The first-order chi connectivity index (χ1) is 8.72. The molecule has 2 N–H and O–H groups in total. The zero-order valence-corrected chi connectivity index (χ0v) is 10.3. The van der Waals surface area contributed by atoms with E-state index in [1.165, 1.54) is 25.7 Å². The molecule has 18 heavy (non-hydrogen) atoms. The van der Waals surface area contributed by atoms with Gasteiger partial charge in [0.2, 0.25) is 5.91 Å². The SMILES string of the molecule is O=C1NC2(C3CCCC3)OC3C(O)C4CC3C2C14. The first-order valence-corrected chi connectivity index (χ1v) is 7.40. The summed E-state index contributed by atoms with van der Waals surface area (Å²) in [5, 5.41) is 13.5. The molecule has 0 radical (unpaired) electrons. The predicted molar refractivity (Wildman–Crippen MR) is 62.3 cm³/mol. The minimum absolute atomic E-state index is 0.00236. The Morgan fingerprint density at radius 3 is 2.83 bits per heavy atom. The summed E-state index contributed by atoms with van der Waals surface area (Å²) in [5.74, 6) is 1.60. The fourth-order valence-corrected chi connectivity index (χ4v) is 5.94. The second-order valence-corrected chi connectivity index (χ2v) is 6.95. The molecule has 4 nitrogen and oxygen atoms in total. The van der Waals surface area contributed by atoms with Crippen LogP contribution in [0.1, 0.15) is 32.1 Å². The lowest BCUT2D eigenvalue weighted by Crippen LogP contribution is -2.52. The zero-order chi connectivity index (χ0) is 12.1. The van der Waals surface area contributed by atoms with Crippen molar-refractivity contribution in [3.05, 3.63) is 0 Å². The van der Waals surface area contributed by atoms with Crippen LogP contribution >= 0.6 is 0 Å². The first kappa shape index (κ1) is 10.2. The largest absolute Gasteiger partial charge is 0.390 e. The molecule has 98 valence electrons. The molecule has 3 saturated carbocycles. The maximum atomic E-state index is 12.3. The number of hydrogen-bond donors (Lipinski definition) is 2. The molecule has 2 bridgehead atoms. The van der Waals surface area contributed by atoms with Gasteiger partial charge in [-0.1, -0.05) is 12.8 Å². The summed E-state index contributed by atoms with van der Waals surface area (Å²) in [6, 6.07) is 0. The van der Waals surface area contributed by atoms with E-state index in [9.17, 15) is 9.90 Å². The highest BCUT2D eigenvalue weighted by molar-refractivity contribution is 5.84. The van der Waals surface area contributed by atoms with E-state index < -0.39 is 11.8 Å². The zero-order valence-electron chi connectivity index (χ0n) is 10.3. The Labute approximate surface area is 106 Å². The molecule has 2 saturated heterocycles. The molecule has 0 aromatic rings. The molecule has 0 spiro atoms. The lowest BCUT2D eigenvalue weighted by Gasteiger charge is -2.35. The minimum Gasteiger partial charge on any atom is -0.390 e. The van der Waals surface area contributed by atoms with Crippen LogP contribution in [0.2, 0.25) is 0 Å². The van der Waals surface area contributed by atoms with Gasteiger partial charge in [-0.05, 0) is 31.1 Å². The van der Waals surface area contributed by atoms with Gasteiger partial charge in [0.05, 0.1) is 18.1 Å². The molecule has 7 atom stereocenters. The highest BCUT2D eigenvalue weighted by atomic mass is 16.5. The number of ether oxygens (including phenoxy) is 1. The molecule has 5 rings (SSSR count). The van der Waals surface area contributed by atoms with Crippen molar-refractivity contribution in [1.29, 1.82) is 0 Å². The van der Waals surface area contributed by atoms with E-state index in [2.05, 4.69) is 5.32 Å². The Morgan fingerprint density at radius 2 is 2.06 bits per heavy atom. The van der Waals surface area contributed by atoms with Crippen LogP contribution in [0.15, 0.2) is 0 Å². The van der Waals surface area contributed by atoms with Gasteiger partial charge in [0.25, 0.3) is 0 Å². The van der Waals surface area contributed by atoms with Crippen molar-refractivity contribution in [2.75, 3.05) is 0 Å². The molecular formula is C14H19NO3. The second-order valence-electron chi connectivity index (χ2n) is 6.95. The van der Waals surface area contributed by atoms with E-state index in [-0.39, 0.29) is 23.8 Å². The van der Waals surface area contributed by atoms with Crippen molar-refractivity contribution < 1.29 is 14.6 Å². The third kappa shape index (κ3) is 0.874. The maximum Gasteiger partial charge on any atom is 0.226 e. The molecule has 0 aromatic heterocycles. The molecule has 5 fully saturated rings. The van der Waals surface area contributed by atoms with E-state index in [0.29, 0.717) is 17.8 Å². The quantitative estimate of drug-likeness (QED) is 0.717. The predicted octanol–water partition coefficient (Wildman–Crippen LogP) is 0.644. The minimum atomic E-state index is -0.403. The lowest BCUT2D eigenvalue weighted by atomic mass is 9.73. The lowest BCUT2D eigenvalue weighted by molar-refractivity contribution is -0.148. The van der Waals surface area contributed by atoms with Gasteiger partial charge in [-0.25, -0.2) is 0 Å². The van der Waals surface area contributed by atoms with Crippen LogP contribution in [0, 0.1) is 29.6 Å². The average Bonchev–Trinajstić information content (AvgIpc) is 3.06. The monoisotopic (exact) mass is 249 g/mol. The van der Waals surface area contributed by atoms with Gasteiger partial charge in [0.15, 0.2) is 0 Å². The Morgan fingerprint density at radius 1 is 1.28 bits per heavy atom. The highest BCUT2D eigenvalue weighted by Gasteiger charge is 2.77. The smallest absolute Gasteiger partial charge is 0.226 e. The maximum absolute atomic E-state index is 12.3. The van der Waals surface area contributed by atoms with Crippen molar-refractivity contribution in [2.24, 2.45) is 29.6 Å².